The maximum Gasteiger partial charge on any atom is 0.373 e. The van der Waals surface area contributed by atoms with Crippen molar-refractivity contribution in [2.75, 3.05) is 14.2 Å². The predicted molar refractivity (Wildman–Crippen MR) is 141 cm³/mol. The number of carboxylic acids is 1. The number of carbonyl (C=O) groups is 4. The summed E-state index contributed by atoms with van der Waals surface area (Å²) in [5, 5.41) is 11.7. The molecule has 1 aliphatic rings. The number of esters is 1. The summed E-state index contributed by atoms with van der Waals surface area (Å²) >= 11 is 9.96. The lowest BCUT2D eigenvalue weighted by molar-refractivity contribution is -0.123. The first kappa shape index (κ1) is 27.7. The number of amides is 3. The molecule has 1 fully saturated rings. The molecule has 39 heavy (non-hydrogen) atoms. The van der Waals surface area contributed by atoms with E-state index in [0.717, 1.165) is 4.90 Å². The zero-order chi connectivity index (χ0) is 28.3. The number of ether oxygens (including phenoxy) is 3. The van der Waals surface area contributed by atoms with Gasteiger partial charge in [-0.15, -0.1) is 0 Å². The maximum absolute atomic E-state index is 13.0. The van der Waals surface area contributed by atoms with E-state index in [1.807, 2.05) is 0 Å². The second-order valence-corrected chi connectivity index (χ2v) is 9.22. The van der Waals surface area contributed by atoms with Crippen LogP contribution >= 0.6 is 27.5 Å². The van der Waals surface area contributed by atoms with Gasteiger partial charge in [0.05, 0.1) is 26.3 Å². The summed E-state index contributed by atoms with van der Waals surface area (Å²) in [5.74, 6) is -1.70. The van der Waals surface area contributed by atoms with Crippen molar-refractivity contribution in [3.63, 3.8) is 0 Å². The minimum absolute atomic E-state index is 0.0224. The Balaban J connectivity index is 1.53. The standard InChI is InChI=1S/C26H20BrClN2O9/c1-36-19-10-15(20(27)21(28)22(19)38-12-13-3-5-14(6-4-13)24(32)33)9-17-23(31)30(26(35)29-17)11-16-7-8-18(39-16)25(34)37-2/h3-10H,11-12H2,1-2H3,(H,29,35)(H,32,33)/b17-9-. The van der Waals surface area contributed by atoms with Gasteiger partial charge in [0.25, 0.3) is 5.91 Å². The fourth-order valence-electron chi connectivity index (χ4n) is 3.59. The van der Waals surface area contributed by atoms with Crippen LogP contribution in [-0.4, -0.2) is 48.1 Å². The SMILES string of the molecule is COC(=O)c1ccc(CN2C(=O)N/C(=C\c3cc(OC)c(OCc4ccc(C(=O)O)cc4)c(Cl)c3Br)C2=O)o1. The van der Waals surface area contributed by atoms with Crippen LogP contribution in [0.5, 0.6) is 11.5 Å². The summed E-state index contributed by atoms with van der Waals surface area (Å²) in [6, 6.07) is 9.92. The largest absolute Gasteiger partial charge is 0.493 e. The molecule has 2 heterocycles. The molecular weight excluding hydrogens is 600 g/mol. The Morgan fingerprint density at radius 1 is 1.15 bits per heavy atom. The lowest BCUT2D eigenvalue weighted by Crippen LogP contribution is -2.30. The number of hydrogen-bond donors (Lipinski definition) is 2. The molecule has 2 aromatic carbocycles. The van der Waals surface area contributed by atoms with E-state index in [1.54, 1.807) is 18.2 Å². The van der Waals surface area contributed by atoms with Crippen molar-refractivity contribution < 1.29 is 42.9 Å². The molecule has 202 valence electrons. The van der Waals surface area contributed by atoms with Gasteiger partial charge in [-0.25, -0.2) is 14.4 Å². The topological polar surface area (TPSA) is 145 Å². The van der Waals surface area contributed by atoms with Crippen LogP contribution in [-0.2, 0) is 22.7 Å². The van der Waals surface area contributed by atoms with Crippen LogP contribution in [0.2, 0.25) is 5.02 Å². The Hall–Kier alpha value is -4.29. The fraction of sp³-hybridized carbons (Fsp3) is 0.154. The molecule has 0 saturated carbocycles. The van der Waals surface area contributed by atoms with Gasteiger partial charge in [0.15, 0.2) is 11.5 Å². The summed E-state index contributed by atoms with van der Waals surface area (Å²) < 4.78 is 21.6. The number of rotatable bonds is 9. The molecule has 0 radical (unpaired) electrons. The molecule has 1 saturated heterocycles. The molecule has 3 amide bonds. The summed E-state index contributed by atoms with van der Waals surface area (Å²) in [5.41, 5.74) is 1.25. The van der Waals surface area contributed by atoms with E-state index in [-0.39, 0.29) is 52.5 Å². The van der Waals surface area contributed by atoms with Crippen molar-refractivity contribution in [3.8, 4) is 11.5 Å². The van der Waals surface area contributed by atoms with E-state index in [0.29, 0.717) is 15.6 Å². The first-order valence-electron chi connectivity index (χ1n) is 11.2. The highest BCUT2D eigenvalue weighted by atomic mass is 79.9. The molecule has 11 nitrogen and oxygen atoms in total. The lowest BCUT2D eigenvalue weighted by atomic mass is 10.1. The Morgan fingerprint density at radius 2 is 1.87 bits per heavy atom. The smallest absolute Gasteiger partial charge is 0.373 e. The van der Waals surface area contributed by atoms with E-state index in [4.69, 9.17) is 30.6 Å². The molecule has 4 rings (SSSR count). The highest BCUT2D eigenvalue weighted by Gasteiger charge is 2.35. The maximum atomic E-state index is 13.0. The van der Waals surface area contributed by atoms with Crippen molar-refractivity contribution in [2.24, 2.45) is 0 Å². The average Bonchev–Trinajstić information content (AvgIpc) is 3.50. The Morgan fingerprint density at radius 3 is 2.51 bits per heavy atom. The Labute approximate surface area is 235 Å². The first-order valence-corrected chi connectivity index (χ1v) is 12.3. The minimum atomic E-state index is -1.03. The third-order valence-electron chi connectivity index (χ3n) is 5.58. The zero-order valence-electron chi connectivity index (χ0n) is 20.4. The van der Waals surface area contributed by atoms with Crippen LogP contribution < -0.4 is 14.8 Å². The quantitative estimate of drug-likeness (QED) is 0.195. The van der Waals surface area contributed by atoms with Crippen LogP contribution in [0.1, 0.15) is 37.8 Å². The molecule has 2 N–H and O–H groups in total. The normalized spacial score (nSPS) is 13.9. The van der Waals surface area contributed by atoms with Crippen LogP contribution in [0.15, 0.2) is 57.1 Å². The molecule has 0 aliphatic carbocycles. The van der Waals surface area contributed by atoms with Gasteiger partial charge < -0.3 is 29.1 Å². The van der Waals surface area contributed by atoms with Gasteiger partial charge in [0.1, 0.15) is 23.1 Å². The Bertz CT molecular complexity index is 1500. The van der Waals surface area contributed by atoms with Crippen molar-refractivity contribution in [1.82, 2.24) is 10.2 Å². The van der Waals surface area contributed by atoms with Crippen LogP contribution in [0.3, 0.4) is 0 Å². The van der Waals surface area contributed by atoms with Crippen molar-refractivity contribution in [3.05, 3.63) is 85.9 Å². The second-order valence-electron chi connectivity index (χ2n) is 8.05. The summed E-state index contributed by atoms with van der Waals surface area (Å²) in [4.78, 5) is 49.0. The number of nitrogens with one attached hydrogen (secondary N) is 1. The average molecular weight is 620 g/mol. The summed E-state index contributed by atoms with van der Waals surface area (Å²) in [6.07, 6.45) is 1.43. The van der Waals surface area contributed by atoms with Gasteiger partial charge >= 0.3 is 18.0 Å². The monoisotopic (exact) mass is 618 g/mol. The first-order chi connectivity index (χ1) is 18.6. The number of aromatic carboxylic acids is 1. The number of hydrogen-bond acceptors (Lipinski definition) is 8. The van der Waals surface area contributed by atoms with Crippen LogP contribution in [0, 0.1) is 0 Å². The van der Waals surface area contributed by atoms with Crippen LogP contribution in [0.25, 0.3) is 6.08 Å². The molecule has 0 bridgehead atoms. The highest BCUT2D eigenvalue weighted by molar-refractivity contribution is 9.10. The van der Waals surface area contributed by atoms with Crippen molar-refractivity contribution in [1.29, 1.82) is 0 Å². The highest BCUT2D eigenvalue weighted by Crippen LogP contribution is 2.43. The fourth-order valence-corrected chi connectivity index (χ4v) is 4.26. The van der Waals surface area contributed by atoms with Gasteiger partial charge in [-0.2, -0.15) is 0 Å². The molecule has 1 aromatic heterocycles. The Kier molecular flexibility index (Phi) is 8.27. The van der Waals surface area contributed by atoms with E-state index < -0.39 is 23.9 Å². The number of carbonyl (C=O) groups excluding carboxylic acids is 3. The van der Waals surface area contributed by atoms with Crippen molar-refractivity contribution >= 4 is 57.5 Å². The number of furan rings is 1. The van der Waals surface area contributed by atoms with E-state index in [1.165, 1.54) is 44.6 Å². The van der Waals surface area contributed by atoms with Gasteiger partial charge in [-0.1, -0.05) is 23.7 Å². The van der Waals surface area contributed by atoms with E-state index in [9.17, 15) is 19.2 Å². The zero-order valence-corrected chi connectivity index (χ0v) is 22.8. The van der Waals surface area contributed by atoms with Gasteiger partial charge in [0.2, 0.25) is 5.76 Å². The third-order valence-corrected chi connectivity index (χ3v) is 7.03. The van der Waals surface area contributed by atoms with Gasteiger partial charge in [-0.05, 0) is 63.5 Å². The number of imide groups is 1. The number of benzene rings is 2. The lowest BCUT2D eigenvalue weighted by Gasteiger charge is -2.15. The number of carboxylic acid groups (broad SMARTS) is 1. The van der Waals surface area contributed by atoms with E-state index in [2.05, 4.69) is 26.0 Å². The minimum Gasteiger partial charge on any atom is -0.493 e. The van der Waals surface area contributed by atoms with Gasteiger partial charge in [0, 0.05) is 4.47 Å². The number of urea groups is 1. The molecule has 0 atom stereocenters. The third kappa shape index (κ3) is 5.91. The summed E-state index contributed by atoms with van der Waals surface area (Å²) in [7, 11) is 2.62. The number of methoxy groups -OCH3 is 2. The molecule has 1 aliphatic heterocycles. The summed E-state index contributed by atoms with van der Waals surface area (Å²) in [6.45, 7) is -0.124. The number of halogens is 2. The molecule has 0 spiro atoms. The molecule has 3 aromatic rings. The second kappa shape index (κ2) is 11.6. The molecule has 13 heteroatoms. The molecule has 0 unspecified atom stereocenters. The number of nitrogens with zero attached hydrogens (tertiary/aromatic N) is 1. The predicted octanol–water partition coefficient (Wildman–Crippen LogP) is 4.86. The molecular formula is C26H20BrClN2O9. The van der Waals surface area contributed by atoms with E-state index >= 15 is 0 Å². The van der Waals surface area contributed by atoms with Crippen LogP contribution in [0.4, 0.5) is 4.79 Å². The van der Waals surface area contributed by atoms with Crippen molar-refractivity contribution in [2.45, 2.75) is 13.2 Å². The van der Waals surface area contributed by atoms with Gasteiger partial charge in [-0.3, -0.25) is 9.69 Å².